The number of nitrogens with zero attached hydrogens (tertiary/aromatic N) is 1. The van der Waals surface area contributed by atoms with E-state index in [2.05, 4.69) is 10.2 Å². The number of piperidine rings is 1. The molecule has 144 valence electrons. The first-order valence-corrected chi connectivity index (χ1v) is 8.06. The highest BCUT2D eigenvalue weighted by molar-refractivity contribution is 5.85. The van der Waals surface area contributed by atoms with Crippen LogP contribution < -0.4 is 16.0 Å². The van der Waals surface area contributed by atoms with Crippen molar-refractivity contribution in [3.63, 3.8) is 0 Å². The summed E-state index contributed by atoms with van der Waals surface area (Å²) < 4.78 is 18.4. The minimum absolute atomic E-state index is 0. The number of ether oxygens (including phenoxy) is 1. The third kappa shape index (κ3) is 6.98. The number of amides is 1. The Morgan fingerprint density at radius 1 is 1.48 bits per heavy atom. The molecule has 2 rings (SSSR count). The zero-order valence-electron chi connectivity index (χ0n) is 14.7. The number of aryl methyl sites for hydroxylation is 1. The Bertz CT molecular complexity index is 545. The molecule has 2 atom stereocenters. The molecule has 1 amide bonds. The number of nitrogens with two attached hydrogens (primary N) is 1. The lowest BCUT2D eigenvalue weighted by Gasteiger charge is -2.35. The number of hydrogen-bond donors (Lipinski definition) is 2. The monoisotopic (exact) mass is 395 g/mol. The summed E-state index contributed by atoms with van der Waals surface area (Å²) in [6.45, 7) is 3.89. The SMILES string of the molecule is COC(CN)CC(=O)NC1CCCN(c2ccc(F)cc2C)C1.Cl.Cl. The van der Waals surface area contributed by atoms with Gasteiger partial charge in [0.1, 0.15) is 5.82 Å². The van der Waals surface area contributed by atoms with Crippen LogP contribution in [0.3, 0.4) is 0 Å². The van der Waals surface area contributed by atoms with E-state index in [1.54, 1.807) is 13.2 Å². The number of nitrogens with one attached hydrogen (secondary N) is 1. The number of anilines is 1. The number of methoxy groups -OCH3 is 1. The van der Waals surface area contributed by atoms with Gasteiger partial charge in [-0.3, -0.25) is 4.79 Å². The Kier molecular flexibility index (Phi) is 11.0. The molecule has 1 aromatic rings. The maximum Gasteiger partial charge on any atom is 0.222 e. The molecular formula is C17H28Cl2FN3O2. The fourth-order valence-electron chi connectivity index (χ4n) is 3.04. The molecule has 0 bridgehead atoms. The fraction of sp³-hybridized carbons (Fsp3) is 0.588. The second kappa shape index (κ2) is 11.5. The van der Waals surface area contributed by atoms with Crippen molar-refractivity contribution in [2.45, 2.75) is 38.3 Å². The van der Waals surface area contributed by atoms with Gasteiger partial charge >= 0.3 is 0 Å². The smallest absolute Gasteiger partial charge is 0.222 e. The molecule has 0 saturated carbocycles. The largest absolute Gasteiger partial charge is 0.380 e. The van der Waals surface area contributed by atoms with E-state index in [1.165, 1.54) is 6.07 Å². The van der Waals surface area contributed by atoms with E-state index in [0.717, 1.165) is 37.2 Å². The van der Waals surface area contributed by atoms with Crippen molar-refractivity contribution in [3.8, 4) is 0 Å². The Morgan fingerprint density at radius 2 is 2.20 bits per heavy atom. The van der Waals surface area contributed by atoms with E-state index < -0.39 is 0 Å². The van der Waals surface area contributed by atoms with Crippen molar-refractivity contribution in [1.82, 2.24) is 5.32 Å². The van der Waals surface area contributed by atoms with Gasteiger partial charge in [0.2, 0.25) is 5.91 Å². The Balaban J connectivity index is 0.00000288. The summed E-state index contributed by atoms with van der Waals surface area (Å²) >= 11 is 0. The van der Waals surface area contributed by atoms with Gasteiger partial charge in [0, 0.05) is 38.5 Å². The molecule has 0 spiro atoms. The van der Waals surface area contributed by atoms with Gasteiger partial charge < -0.3 is 20.7 Å². The standard InChI is InChI=1S/C17H26FN3O2.2ClH/c1-12-8-13(18)5-6-16(12)21-7-3-4-14(11-21)20-17(22)9-15(10-19)23-2;;/h5-6,8,14-15H,3-4,7,9-11,19H2,1-2H3,(H,20,22);2*1H. The quantitative estimate of drug-likeness (QED) is 0.775. The van der Waals surface area contributed by atoms with Crippen LogP contribution in [0.15, 0.2) is 18.2 Å². The van der Waals surface area contributed by atoms with Gasteiger partial charge in [-0.15, -0.1) is 24.8 Å². The minimum Gasteiger partial charge on any atom is -0.380 e. The Morgan fingerprint density at radius 3 is 2.80 bits per heavy atom. The predicted molar refractivity (Wildman–Crippen MR) is 103 cm³/mol. The molecule has 0 radical (unpaired) electrons. The van der Waals surface area contributed by atoms with Crippen molar-refractivity contribution in [3.05, 3.63) is 29.6 Å². The zero-order chi connectivity index (χ0) is 16.8. The lowest BCUT2D eigenvalue weighted by atomic mass is 10.0. The number of carbonyl (C=O) groups is 1. The first kappa shape index (κ1) is 23.9. The van der Waals surface area contributed by atoms with Gasteiger partial charge in [0.05, 0.1) is 12.5 Å². The highest BCUT2D eigenvalue weighted by Crippen LogP contribution is 2.24. The van der Waals surface area contributed by atoms with E-state index >= 15 is 0 Å². The summed E-state index contributed by atoms with van der Waals surface area (Å²) in [4.78, 5) is 14.3. The molecule has 0 aromatic heterocycles. The molecule has 5 nitrogen and oxygen atoms in total. The van der Waals surface area contributed by atoms with Gasteiger partial charge in [-0.2, -0.15) is 0 Å². The van der Waals surface area contributed by atoms with E-state index in [-0.39, 0.29) is 55.1 Å². The third-order valence-electron chi connectivity index (χ3n) is 4.30. The van der Waals surface area contributed by atoms with Gasteiger partial charge in [0.15, 0.2) is 0 Å². The van der Waals surface area contributed by atoms with E-state index in [1.807, 2.05) is 13.0 Å². The summed E-state index contributed by atoms with van der Waals surface area (Å²) in [5.74, 6) is -0.259. The lowest BCUT2D eigenvalue weighted by Crippen LogP contribution is -2.48. The van der Waals surface area contributed by atoms with Crippen LogP contribution in [0.5, 0.6) is 0 Å². The van der Waals surface area contributed by atoms with Crippen LogP contribution in [-0.4, -0.2) is 44.8 Å². The number of halogens is 3. The molecule has 1 aliphatic rings. The number of carbonyl (C=O) groups excluding carboxylic acids is 1. The van der Waals surface area contributed by atoms with Crippen molar-refractivity contribution in [2.75, 3.05) is 31.6 Å². The van der Waals surface area contributed by atoms with Crippen molar-refractivity contribution >= 4 is 36.4 Å². The average Bonchev–Trinajstić information content (AvgIpc) is 2.52. The molecule has 25 heavy (non-hydrogen) atoms. The van der Waals surface area contributed by atoms with Gasteiger partial charge in [0.25, 0.3) is 0 Å². The third-order valence-corrected chi connectivity index (χ3v) is 4.30. The second-order valence-corrected chi connectivity index (χ2v) is 6.08. The second-order valence-electron chi connectivity index (χ2n) is 6.08. The predicted octanol–water partition coefficient (Wildman–Crippen LogP) is 2.43. The summed E-state index contributed by atoms with van der Waals surface area (Å²) in [6.07, 6.45) is 1.97. The first-order chi connectivity index (χ1) is 11.0. The Hall–Kier alpha value is -1.08. The molecule has 2 unspecified atom stereocenters. The normalized spacial score (nSPS) is 17.9. The van der Waals surface area contributed by atoms with Crippen molar-refractivity contribution < 1.29 is 13.9 Å². The molecule has 8 heteroatoms. The molecule has 1 saturated heterocycles. The number of rotatable bonds is 6. The number of benzene rings is 1. The van der Waals surface area contributed by atoms with Crippen LogP contribution in [0.25, 0.3) is 0 Å². The van der Waals surface area contributed by atoms with Gasteiger partial charge in [-0.25, -0.2) is 4.39 Å². The molecule has 1 heterocycles. The fourth-order valence-corrected chi connectivity index (χ4v) is 3.04. The first-order valence-electron chi connectivity index (χ1n) is 8.06. The Labute approximate surface area is 161 Å². The van der Waals surface area contributed by atoms with Crippen LogP contribution in [0, 0.1) is 12.7 Å². The zero-order valence-corrected chi connectivity index (χ0v) is 16.3. The maximum atomic E-state index is 13.3. The summed E-state index contributed by atoms with van der Waals surface area (Å²) in [5, 5.41) is 3.06. The topological polar surface area (TPSA) is 67.6 Å². The summed E-state index contributed by atoms with van der Waals surface area (Å²) in [6, 6.07) is 4.93. The minimum atomic E-state index is -0.242. The van der Waals surface area contributed by atoms with Crippen LogP contribution >= 0.6 is 24.8 Å². The average molecular weight is 396 g/mol. The van der Waals surface area contributed by atoms with Crippen LogP contribution in [0.2, 0.25) is 0 Å². The highest BCUT2D eigenvalue weighted by Gasteiger charge is 2.23. The van der Waals surface area contributed by atoms with E-state index in [4.69, 9.17) is 10.5 Å². The molecular weight excluding hydrogens is 368 g/mol. The van der Waals surface area contributed by atoms with Crippen LogP contribution in [0.4, 0.5) is 10.1 Å². The highest BCUT2D eigenvalue weighted by atomic mass is 35.5. The van der Waals surface area contributed by atoms with Crippen LogP contribution in [-0.2, 0) is 9.53 Å². The van der Waals surface area contributed by atoms with Crippen molar-refractivity contribution in [1.29, 1.82) is 0 Å². The summed E-state index contributed by atoms with van der Waals surface area (Å²) in [7, 11) is 1.56. The molecule has 1 aromatic carbocycles. The van der Waals surface area contributed by atoms with E-state index in [9.17, 15) is 9.18 Å². The molecule has 1 fully saturated rings. The van der Waals surface area contributed by atoms with E-state index in [0.29, 0.717) is 6.54 Å². The van der Waals surface area contributed by atoms with Gasteiger partial charge in [-0.05, 0) is 43.5 Å². The lowest BCUT2D eigenvalue weighted by molar-refractivity contribution is -0.124. The summed E-state index contributed by atoms with van der Waals surface area (Å²) in [5.41, 5.74) is 7.49. The molecule has 3 N–H and O–H groups in total. The van der Waals surface area contributed by atoms with Gasteiger partial charge in [-0.1, -0.05) is 0 Å². The molecule has 1 aliphatic heterocycles. The molecule has 0 aliphatic carbocycles. The van der Waals surface area contributed by atoms with Crippen LogP contribution in [0.1, 0.15) is 24.8 Å². The maximum absolute atomic E-state index is 13.3. The van der Waals surface area contributed by atoms with Crippen molar-refractivity contribution in [2.24, 2.45) is 5.73 Å². The number of hydrogen-bond acceptors (Lipinski definition) is 4.